The van der Waals surface area contributed by atoms with Crippen molar-refractivity contribution in [2.45, 2.75) is 13.3 Å². The number of hydrogen-bond acceptors (Lipinski definition) is 6. The minimum atomic E-state index is -3.55. The molecule has 0 aliphatic carbocycles. The molecule has 0 fully saturated rings. The molecule has 0 saturated heterocycles. The van der Waals surface area contributed by atoms with Crippen LogP contribution in [0.15, 0.2) is 5.38 Å². The largest absolute Gasteiger partial charge is 0.375 e. The van der Waals surface area contributed by atoms with Crippen LogP contribution in [0.4, 0.5) is 5.13 Å². The second-order valence-electron chi connectivity index (χ2n) is 2.82. The summed E-state index contributed by atoms with van der Waals surface area (Å²) in [4.78, 5) is 15.0. The second-order valence-corrected chi connectivity index (χ2v) is 5.55. The van der Waals surface area contributed by atoms with Crippen molar-refractivity contribution in [3.63, 3.8) is 0 Å². The van der Waals surface area contributed by atoms with E-state index >= 15 is 0 Å². The predicted octanol–water partition coefficient (Wildman–Crippen LogP) is 0.195. The van der Waals surface area contributed by atoms with Gasteiger partial charge in [-0.2, -0.15) is 0 Å². The Kier molecular flexibility index (Phi) is 3.64. The van der Waals surface area contributed by atoms with Gasteiger partial charge in [-0.05, 0) is 6.42 Å². The van der Waals surface area contributed by atoms with E-state index in [1.807, 2.05) is 4.72 Å². The normalized spacial score (nSPS) is 11.3. The first kappa shape index (κ1) is 11.9. The monoisotopic (exact) mass is 249 g/mol. The highest BCUT2D eigenvalue weighted by molar-refractivity contribution is 7.90. The Morgan fingerprint density at radius 2 is 2.33 bits per heavy atom. The molecule has 0 aliphatic heterocycles. The summed E-state index contributed by atoms with van der Waals surface area (Å²) >= 11 is 1.08. The lowest BCUT2D eigenvalue weighted by atomic mass is 10.5. The molecule has 8 heteroatoms. The first-order chi connectivity index (χ1) is 6.94. The van der Waals surface area contributed by atoms with Crippen LogP contribution in [-0.4, -0.2) is 25.1 Å². The summed E-state index contributed by atoms with van der Waals surface area (Å²) in [6.45, 7) is 1.71. The van der Waals surface area contributed by atoms with Crippen LogP contribution in [0.3, 0.4) is 0 Å². The maximum atomic E-state index is 11.3. The summed E-state index contributed by atoms with van der Waals surface area (Å²) in [5.74, 6) is -0.824. The highest BCUT2D eigenvalue weighted by Gasteiger charge is 2.16. The first-order valence-electron chi connectivity index (χ1n) is 4.20. The van der Waals surface area contributed by atoms with Gasteiger partial charge in [-0.3, -0.25) is 4.79 Å². The third kappa shape index (κ3) is 3.48. The van der Waals surface area contributed by atoms with Gasteiger partial charge in [0.25, 0.3) is 5.91 Å². The smallest absolute Gasteiger partial charge is 0.284 e. The zero-order valence-electron chi connectivity index (χ0n) is 8.06. The van der Waals surface area contributed by atoms with Crippen molar-refractivity contribution in [1.29, 1.82) is 0 Å². The Morgan fingerprint density at radius 1 is 1.67 bits per heavy atom. The quantitative estimate of drug-likeness (QED) is 0.793. The predicted molar refractivity (Wildman–Crippen MR) is 58.1 cm³/mol. The van der Waals surface area contributed by atoms with E-state index in [0.717, 1.165) is 11.3 Å². The lowest BCUT2D eigenvalue weighted by Crippen LogP contribution is -2.32. The van der Waals surface area contributed by atoms with Gasteiger partial charge < -0.3 is 5.73 Å². The van der Waals surface area contributed by atoms with Crippen molar-refractivity contribution >= 4 is 32.4 Å². The molecule has 0 spiro atoms. The van der Waals surface area contributed by atoms with Gasteiger partial charge in [-0.1, -0.05) is 6.92 Å². The van der Waals surface area contributed by atoms with E-state index in [1.54, 1.807) is 6.92 Å². The van der Waals surface area contributed by atoms with Crippen molar-refractivity contribution < 1.29 is 13.2 Å². The maximum absolute atomic E-state index is 11.3. The SMILES string of the molecule is CCCS(=O)(=O)NC(=O)c1csc(N)n1. The molecule has 6 nitrogen and oxygen atoms in total. The number of rotatable bonds is 4. The molecule has 3 N–H and O–H groups in total. The van der Waals surface area contributed by atoms with E-state index in [0.29, 0.717) is 6.42 Å². The minimum Gasteiger partial charge on any atom is -0.375 e. The van der Waals surface area contributed by atoms with Crippen LogP contribution < -0.4 is 10.5 Å². The standard InChI is InChI=1S/C7H11N3O3S2/c1-2-3-15(12,13)10-6(11)5-4-14-7(8)9-5/h4H,2-3H2,1H3,(H2,8,9)(H,10,11). The number of carbonyl (C=O) groups is 1. The second kappa shape index (κ2) is 4.58. The van der Waals surface area contributed by atoms with Crippen LogP contribution in [0.25, 0.3) is 0 Å². The molecule has 15 heavy (non-hydrogen) atoms. The molecule has 0 unspecified atom stereocenters. The molecule has 1 amide bonds. The van der Waals surface area contributed by atoms with Crippen molar-refractivity contribution in [2.75, 3.05) is 11.5 Å². The molecule has 0 saturated carbocycles. The number of aromatic nitrogens is 1. The molecule has 1 heterocycles. The number of sulfonamides is 1. The van der Waals surface area contributed by atoms with Crippen LogP contribution in [0.1, 0.15) is 23.8 Å². The van der Waals surface area contributed by atoms with E-state index in [-0.39, 0.29) is 16.6 Å². The fourth-order valence-corrected chi connectivity index (χ4v) is 2.47. The van der Waals surface area contributed by atoms with Gasteiger partial charge in [0.05, 0.1) is 5.75 Å². The van der Waals surface area contributed by atoms with Gasteiger partial charge in [-0.15, -0.1) is 11.3 Å². The molecule has 1 aromatic rings. The lowest BCUT2D eigenvalue weighted by Gasteiger charge is -2.02. The van der Waals surface area contributed by atoms with Gasteiger partial charge in [0.15, 0.2) is 5.13 Å². The van der Waals surface area contributed by atoms with Gasteiger partial charge in [-0.25, -0.2) is 18.1 Å². The zero-order valence-corrected chi connectivity index (χ0v) is 9.69. The Balaban J connectivity index is 2.72. The van der Waals surface area contributed by atoms with Gasteiger partial charge in [0.1, 0.15) is 5.69 Å². The molecule has 0 aliphatic rings. The molecule has 0 aromatic carbocycles. The molecule has 0 atom stereocenters. The maximum Gasteiger partial charge on any atom is 0.284 e. The fraction of sp³-hybridized carbons (Fsp3) is 0.429. The average molecular weight is 249 g/mol. The Labute approximate surface area is 91.6 Å². The zero-order chi connectivity index (χ0) is 11.5. The Morgan fingerprint density at radius 3 is 2.80 bits per heavy atom. The van der Waals surface area contributed by atoms with Crippen molar-refractivity contribution in [3.8, 4) is 0 Å². The van der Waals surface area contributed by atoms with Crippen LogP contribution in [0.5, 0.6) is 0 Å². The molecular formula is C7H11N3O3S2. The summed E-state index contributed by atoms with van der Waals surface area (Å²) in [6.07, 6.45) is 0.446. The average Bonchev–Trinajstić information content (AvgIpc) is 2.50. The van der Waals surface area contributed by atoms with Crippen LogP contribution in [0.2, 0.25) is 0 Å². The van der Waals surface area contributed by atoms with E-state index in [2.05, 4.69) is 4.98 Å². The number of carbonyl (C=O) groups excluding carboxylic acids is 1. The highest BCUT2D eigenvalue weighted by Crippen LogP contribution is 2.10. The van der Waals surface area contributed by atoms with Crippen LogP contribution in [0, 0.1) is 0 Å². The highest BCUT2D eigenvalue weighted by atomic mass is 32.2. The van der Waals surface area contributed by atoms with E-state index in [9.17, 15) is 13.2 Å². The third-order valence-corrected chi connectivity index (χ3v) is 3.59. The molecular weight excluding hydrogens is 238 g/mol. The van der Waals surface area contributed by atoms with E-state index < -0.39 is 15.9 Å². The number of nitrogen functional groups attached to an aromatic ring is 1. The topological polar surface area (TPSA) is 102 Å². The molecule has 0 radical (unpaired) electrons. The number of amides is 1. The number of nitrogens with one attached hydrogen (secondary N) is 1. The fourth-order valence-electron chi connectivity index (χ4n) is 0.905. The number of thiazole rings is 1. The summed E-state index contributed by atoms with van der Waals surface area (Å²) in [5.41, 5.74) is 5.34. The van der Waals surface area contributed by atoms with Gasteiger partial charge in [0, 0.05) is 5.38 Å². The van der Waals surface area contributed by atoms with E-state index in [1.165, 1.54) is 5.38 Å². The summed E-state index contributed by atoms with van der Waals surface area (Å²) < 4.78 is 24.4. The number of nitrogens with two attached hydrogens (primary N) is 1. The van der Waals surface area contributed by atoms with Crippen molar-refractivity contribution in [1.82, 2.24) is 9.71 Å². The summed E-state index contributed by atoms with van der Waals surface area (Å²) in [7, 11) is -3.55. The minimum absolute atomic E-state index is 0.0252. The van der Waals surface area contributed by atoms with Gasteiger partial charge in [0.2, 0.25) is 10.0 Å². The van der Waals surface area contributed by atoms with Crippen LogP contribution in [-0.2, 0) is 10.0 Å². The molecule has 1 aromatic heterocycles. The Bertz CT molecular complexity index is 452. The molecule has 0 bridgehead atoms. The van der Waals surface area contributed by atoms with Crippen molar-refractivity contribution in [3.05, 3.63) is 11.1 Å². The van der Waals surface area contributed by atoms with Crippen LogP contribution >= 0.6 is 11.3 Å². The lowest BCUT2D eigenvalue weighted by molar-refractivity contribution is 0.0977. The molecule has 84 valence electrons. The van der Waals surface area contributed by atoms with E-state index in [4.69, 9.17) is 5.73 Å². The Hall–Kier alpha value is -1.15. The van der Waals surface area contributed by atoms with Gasteiger partial charge >= 0.3 is 0 Å². The number of nitrogens with zero attached hydrogens (tertiary/aromatic N) is 1. The third-order valence-electron chi connectivity index (χ3n) is 1.48. The number of hydrogen-bond donors (Lipinski definition) is 2. The first-order valence-corrected chi connectivity index (χ1v) is 6.73. The number of anilines is 1. The summed E-state index contributed by atoms with van der Waals surface area (Å²) in [5, 5.41) is 1.64. The van der Waals surface area contributed by atoms with Crippen molar-refractivity contribution in [2.24, 2.45) is 0 Å². The summed E-state index contributed by atoms with van der Waals surface area (Å²) in [6, 6.07) is 0. The molecule has 1 rings (SSSR count).